The monoisotopic (exact) mass is 373 g/mol. The van der Waals surface area contributed by atoms with E-state index in [1.807, 2.05) is 6.07 Å². The Kier molecular flexibility index (Phi) is 4.42. The average molecular weight is 373 g/mol. The van der Waals surface area contributed by atoms with E-state index in [1.54, 1.807) is 6.08 Å². The van der Waals surface area contributed by atoms with Gasteiger partial charge >= 0.3 is 7.82 Å². The minimum absolute atomic E-state index is 0.181. The van der Waals surface area contributed by atoms with E-state index < -0.39 is 44.4 Å². The van der Waals surface area contributed by atoms with Gasteiger partial charge in [-0.3, -0.25) is 9.53 Å². The fourth-order valence-electron chi connectivity index (χ4n) is 3.11. The normalized spacial score (nSPS) is 37.5. The number of aliphatic hydroxyl groups is 2. The molecule has 3 aliphatic rings. The lowest BCUT2D eigenvalue weighted by atomic mass is 9.87. The Labute approximate surface area is 141 Å². The quantitative estimate of drug-likeness (QED) is 0.336. The Morgan fingerprint density at radius 2 is 2.28 bits per heavy atom. The standard InChI is InChI=1S/C12H16N5O7P/c13-4-12(8-2-1-6-11(14)15-5-16-17(6)8)10(19)9(18)7(24-12)3-23-25(20,21)22/h1,5,7-10,18-19H,2-3H2,(H2,14,15,16)(H2,20,21,22)/t7-,8?,9-,10-,12+/m1/s1. The van der Waals surface area contributed by atoms with Crippen LogP contribution in [0.2, 0.25) is 0 Å². The molecule has 0 spiro atoms. The van der Waals surface area contributed by atoms with Crippen molar-refractivity contribution in [3.63, 3.8) is 0 Å². The van der Waals surface area contributed by atoms with Crippen LogP contribution in [0.15, 0.2) is 21.9 Å². The van der Waals surface area contributed by atoms with Crippen molar-refractivity contribution in [2.75, 3.05) is 6.61 Å². The van der Waals surface area contributed by atoms with Gasteiger partial charge in [-0.1, -0.05) is 6.08 Å². The van der Waals surface area contributed by atoms with E-state index in [0.29, 0.717) is 5.70 Å². The molecule has 0 amide bonds. The van der Waals surface area contributed by atoms with Gasteiger partial charge in [-0.2, -0.15) is 10.4 Å². The molecule has 3 heterocycles. The Morgan fingerprint density at radius 3 is 2.92 bits per heavy atom. The van der Waals surface area contributed by atoms with Gasteiger partial charge in [0.15, 0.2) is 5.84 Å². The number of amidine groups is 1. The molecule has 0 radical (unpaired) electrons. The second-order valence-electron chi connectivity index (χ2n) is 5.71. The predicted octanol–water partition coefficient (Wildman–Crippen LogP) is -2.25. The number of hydrazone groups is 1. The maximum absolute atomic E-state index is 10.8. The van der Waals surface area contributed by atoms with Gasteiger partial charge in [-0.05, 0) is 6.42 Å². The van der Waals surface area contributed by atoms with Crippen LogP contribution in [-0.4, -0.2) is 73.7 Å². The second kappa shape index (κ2) is 6.15. The first-order chi connectivity index (χ1) is 11.7. The fourth-order valence-corrected chi connectivity index (χ4v) is 3.45. The van der Waals surface area contributed by atoms with Crippen molar-refractivity contribution in [2.24, 2.45) is 15.8 Å². The Balaban J connectivity index is 1.84. The van der Waals surface area contributed by atoms with Gasteiger partial charge in [0.05, 0.1) is 12.3 Å². The summed E-state index contributed by atoms with van der Waals surface area (Å²) in [6.07, 6.45) is -1.48. The number of fused-ring (bicyclic) bond motifs is 1. The first kappa shape index (κ1) is 18.0. The molecule has 1 fully saturated rings. The van der Waals surface area contributed by atoms with E-state index in [4.69, 9.17) is 20.3 Å². The van der Waals surface area contributed by atoms with E-state index in [0.717, 1.165) is 0 Å². The Hall–Kier alpha value is -1.84. The van der Waals surface area contributed by atoms with Gasteiger partial charge in [0, 0.05) is 0 Å². The first-order valence-corrected chi connectivity index (χ1v) is 8.73. The molecular formula is C12H16N5O7P. The number of ether oxygens (including phenoxy) is 1. The SMILES string of the molecule is N#C[C@@]1(C2CC=C3C(N)=NC=NN32)O[C@H](COP(=O)(O)O)[C@@H](O)[C@H]1O. The smallest absolute Gasteiger partial charge is 0.387 e. The number of nitrogens with two attached hydrogens (primary N) is 1. The van der Waals surface area contributed by atoms with Gasteiger partial charge in [0.25, 0.3) is 0 Å². The summed E-state index contributed by atoms with van der Waals surface area (Å²) in [5.74, 6) is 0.181. The Morgan fingerprint density at radius 1 is 1.56 bits per heavy atom. The van der Waals surface area contributed by atoms with Gasteiger partial charge in [0.1, 0.15) is 36.8 Å². The summed E-state index contributed by atoms with van der Waals surface area (Å²) < 4.78 is 20.7. The number of phosphoric ester groups is 1. The van der Waals surface area contributed by atoms with Crippen molar-refractivity contribution in [1.82, 2.24) is 5.01 Å². The molecule has 25 heavy (non-hydrogen) atoms. The summed E-state index contributed by atoms with van der Waals surface area (Å²) in [5.41, 5.74) is 4.30. The molecular weight excluding hydrogens is 357 g/mol. The highest BCUT2D eigenvalue weighted by atomic mass is 31.2. The molecule has 0 aromatic carbocycles. The number of hydrogen-bond donors (Lipinski definition) is 5. The van der Waals surface area contributed by atoms with Crippen molar-refractivity contribution in [1.29, 1.82) is 5.26 Å². The molecule has 0 bridgehead atoms. The molecule has 0 saturated carbocycles. The molecule has 0 aromatic rings. The van der Waals surface area contributed by atoms with Crippen LogP contribution < -0.4 is 5.73 Å². The molecule has 3 aliphatic heterocycles. The van der Waals surface area contributed by atoms with Crippen LogP contribution in [-0.2, 0) is 13.8 Å². The summed E-state index contributed by atoms with van der Waals surface area (Å²) in [5, 5.41) is 35.6. The molecule has 0 aliphatic carbocycles. The van der Waals surface area contributed by atoms with Gasteiger partial charge < -0.3 is 30.5 Å². The topological polar surface area (TPSA) is 194 Å². The number of aliphatic imine (C=N–C) groups is 1. The van der Waals surface area contributed by atoms with Gasteiger partial charge in [-0.25, -0.2) is 9.56 Å². The van der Waals surface area contributed by atoms with Crippen molar-refractivity contribution in [2.45, 2.75) is 36.4 Å². The summed E-state index contributed by atoms with van der Waals surface area (Å²) in [6, 6.07) is 1.05. The van der Waals surface area contributed by atoms with Crippen LogP contribution in [0.1, 0.15) is 6.42 Å². The second-order valence-corrected chi connectivity index (χ2v) is 6.95. The molecule has 3 rings (SSSR count). The van der Waals surface area contributed by atoms with Gasteiger partial charge in [-0.15, -0.1) is 0 Å². The lowest BCUT2D eigenvalue weighted by Gasteiger charge is -2.36. The van der Waals surface area contributed by atoms with Crippen LogP contribution in [0.5, 0.6) is 0 Å². The predicted molar refractivity (Wildman–Crippen MR) is 81.7 cm³/mol. The molecule has 12 nitrogen and oxygen atoms in total. The summed E-state index contributed by atoms with van der Waals surface area (Å²) in [6.45, 7) is -0.703. The Bertz CT molecular complexity index is 743. The summed E-state index contributed by atoms with van der Waals surface area (Å²) in [4.78, 5) is 21.4. The van der Waals surface area contributed by atoms with Crippen LogP contribution >= 0.6 is 7.82 Å². The maximum Gasteiger partial charge on any atom is 0.469 e. The number of nitriles is 1. The molecule has 0 aromatic heterocycles. The lowest BCUT2D eigenvalue weighted by Crippen LogP contribution is -2.56. The van der Waals surface area contributed by atoms with Crippen LogP contribution in [0.25, 0.3) is 0 Å². The highest BCUT2D eigenvalue weighted by Gasteiger charge is 2.62. The minimum Gasteiger partial charge on any atom is -0.387 e. The van der Waals surface area contributed by atoms with Crippen LogP contribution in [0, 0.1) is 11.3 Å². The number of rotatable bonds is 4. The van der Waals surface area contributed by atoms with Crippen molar-refractivity contribution in [3.8, 4) is 6.07 Å². The lowest BCUT2D eigenvalue weighted by molar-refractivity contribution is -0.0919. The highest BCUT2D eigenvalue weighted by Crippen LogP contribution is 2.43. The van der Waals surface area contributed by atoms with E-state index in [1.165, 1.54) is 11.3 Å². The van der Waals surface area contributed by atoms with Crippen molar-refractivity contribution < 1.29 is 33.8 Å². The summed E-state index contributed by atoms with van der Waals surface area (Å²) >= 11 is 0. The maximum atomic E-state index is 10.8. The minimum atomic E-state index is -4.80. The van der Waals surface area contributed by atoms with Crippen LogP contribution in [0.3, 0.4) is 0 Å². The number of aliphatic hydroxyl groups excluding tert-OH is 2. The molecule has 13 heteroatoms. The third kappa shape index (κ3) is 2.96. The molecule has 6 N–H and O–H groups in total. The van der Waals surface area contributed by atoms with Crippen molar-refractivity contribution >= 4 is 20.0 Å². The summed E-state index contributed by atoms with van der Waals surface area (Å²) in [7, 11) is -4.80. The molecule has 1 unspecified atom stereocenters. The molecule has 136 valence electrons. The first-order valence-electron chi connectivity index (χ1n) is 7.20. The zero-order chi connectivity index (χ0) is 18.4. The van der Waals surface area contributed by atoms with E-state index in [-0.39, 0.29) is 12.3 Å². The van der Waals surface area contributed by atoms with Crippen LogP contribution in [0.4, 0.5) is 0 Å². The number of hydrogen-bond acceptors (Lipinski definition) is 10. The molecule has 5 atom stereocenters. The number of phosphoric acid groups is 1. The fraction of sp³-hybridized carbons (Fsp3) is 0.583. The van der Waals surface area contributed by atoms with E-state index in [9.17, 15) is 20.0 Å². The third-order valence-corrected chi connectivity index (χ3v) is 4.76. The van der Waals surface area contributed by atoms with Crippen molar-refractivity contribution in [3.05, 3.63) is 11.8 Å². The van der Waals surface area contributed by atoms with E-state index in [2.05, 4.69) is 14.6 Å². The number of nitrogens with zero attached hydrogens (tertiary/aromatic N) is 4. The van der Waals surface area contributed by atoms with Gasteiger partial charge in [0.2, 0.25) is 5.60 Å². The zero-order valence-corrected chi connectivity index (χ0v) is 13.6. The largest absolute Gasteiger partial charge is 0.469 e. The zero-order valence-electron chi connectivity index (χ0n) is 12.7. The van der Waals surface area contributed by atoms with E-state index >= 15 is 0 Å². The highest BCUT2D eigenvalue weighted by molar-refractivity contribution is 7.46. The third-order valence-electron chi connectivity index (χ3n) is 4.28. The molecule has 1 saturated heterocycles. The average Bonchev–Trinajstić information content (AvgIpc) is 3.08.